The number of aromatic nitrogens is 1. The molecule has 16 heavy (non-hydrogen) atoms. The van der Waals surface area contributed by atoms with Crippen LogP contribution in [0.25, 0.3) is 10.9 Å². The summed E-state index contributed by atoms with van der Waals surface area (Å²) in [6, 6.07) is 7.20. The van der Waals surface area contributed by atoms with Crippen molar-refractivity contribution in [2.75, 3.05) is 0 Å². The van der Waals surface area contributed by atoms with Crippen molar-refractivity contribution in [3.8, 4) is 5.75 Å². The van der Waals surface area contributed by atoms with E-state index in [1.54, 1.807) is 26.0 Å². The number of benzene rings is 1. The first-order valence-corrected chi connectivity index (χ1v) is 5.48. The number of phenolic OH excluding ortho intramolecular Hbond substituents is 1. The van der Waals surface area contributed by atoms with E-state index < -0.39 is 5.60 Å². The predicted molar refractivity (Wildman–Crippen MR) is 64.5 cm³/mol. The van der Waals surface area contributed by atoms with E-state index in [-0.39, 0.29) is 5.75 Å². The zero-order valence-corrected chi connectivity index (χ0v) is 9.86. The van der Waals surface area contributed by atoms with Crippen LogP contribution in [0.2, 0.25) is 0 Å². The lowest BCUT2D eigenvalue weighted by atomic mass is 10.1. The van der Waals surface area contributed by atoms with Gasteiger partial charge in [-0.3, -0.25) is 0 Å². The Kier molecular flexibility index (Phi) is 2.43. The molecule has 1 aromatic heterocycles. The monoisotopic (exact) mass is 219 g/mol. The van der Waals surface area contributed by atoms with Gasteiger partial charge in [0.25, 0.3) is 0 Å². The highest BCUT2D eigenvalue weighted by molar-refractivity contribution is 5.83. The first kappa shape index (κ1) is 11.0. The molecule has 2 aromatic rings. The van der Waals surface area contributed by atoms with Crippen molar-refractivity contribution in [2.45, 2.75) is 32.9 Å². The van der Waals surface area contributed by atoms with Crippen molar-refractivity contribution < 1.29 is 10.2 Å². The van der Waals surface area contributed by atoms with Crippen LogP contribution in [-0.4, -0.2) is 14.8 Å². The van der Waals surface area contributed by atoms with Crippen LogP contribution in [0.1, 0.15) is 26.5 Å². The molecular formula is C13H17NO2. The zero-order valence-electron chi connectivity index (χ0n) is 9.86. The Balaban J connectivity index is 2.76. The second-order valence-electron chi connectivity index (χ2n) is 4.58. The fourth-order valence-electron chi connectivity index (χ4n) is 2.11. The SMILES string of the molecule is CCn1c(C(C)(C)O)cc2cc(O)ccc21. The number of nitrogens with zero attached hydrogens (tertiary/aromatic N) is 1. The Morgan fingerprint density at radius 1 is 1.25 bits per heavy atom. The van der Waals surface area contributed by atoms with Crippen molar-refractivity contribution >= 4 is 10.9 Å². The van der Waals surface area contributed by atoms with E-state index in [0.29, 0.717) is 0 Å². The molecule has 0 saturated carbocycles. The molecule has 0 unspecified atom stereocenters. The van der Waals surface area contributed by atoms with Crippen LogP contribution in [-0.2, 0) is 12.1 Å². The lowest BCUT2D eigenvalue weighted by Gasteiger charge is -2.20. The van der Waals surface area contributed by atoms with Crippen molar-refractivity contribution in [1.29, 1.82) is 0 Å². The van der Waals surface area contributed by atoms with Crippen molar-refractivity contribution in [2.24, 2.45) is 0 Å². The molecule has 86 valence electrons. The highest BCUT2D eigenvalue weighted by atomic mass is 16.3. The van der Waals surface area contributed by atoms with Crippen LogP contribution in [0.4, 0.5) is 0 Å². The molecule has 2 rings (SSSR count). The molecule has 3 nitrogen and oxygen atoms in total. The number of phenols is 1. The summed E-state index contributed by atoms with van der Waals surface area (Å²) in [6.45, 7) is 6.38. The molecule has 2 N–H and O–H groups in total. The Hall–Kier alpha value is -1.48. The fraction of sp³-hybridized carbons (Fsp3) is 0.385. The minimum absolute atomic E-state index is 0.253. The molecule has 0 bridgehead atoms. The van der Waals surface area contributed by atoms with Gasteiger partial charge in [-0.05, 0) is 45.0 Å². The van der Waals surface area contributed by atoms with E-state index in [2.05, 4.69) is 4.57 Å². The standard InChI is InChI=1S/C13H17NO2/c1-4-14-11-6-5-10(15)7-9(11)8-12(14)13(2,3)16/h5-8,15-16H,4H2,1-3H3. The van der Waals surface area contributed by atoms with Gasteiger partial charge in [0, 0.05) is 17.4 Å². The Morgan fingerprint density at radius 3 is 2.50 bits per heavy atom. The third-order valence-electron chi connectivity index (χ3n) is 2.83. The summed E-state index contributed by atoms with van der Waals surface area (Å²) in [4.78, 5) is 0. The molecule has 0 radical (unpaired) electrons. The quantitative estimate of drug-likeness (QED) is 0.815. The first-order chi connectivity index (χ1) is 7.43. The third-order valence-corrected chi connectivity index (χ3v) is 2.83. The summed E-state index contributed by atoms with van der Waals surface area (Å²) in [5.41, 5.74) is 1.04. The summed E-state index contributed by atoms with van der Waals surface area (Å²) in [5, 5.41) is 20.5. The van der Waals surface area contributed by atoms with E-state index in [0.717, 1.165) is 23.1 Å². The van der Waals surface area contributed by atoms with E-state index >= 15 is 0 Å². The van der Waals surface area contributed by atoms with Gasteiger partial charge in [0.15, 0.2) is 0 Å². The highest BCUT2D eigenvalue weighted by Crippen LogP contribution is 2.29. The molecule has 0 aliphatic heterocycles. The Bertz CT molecular complexity index is 520. The van der Waals surface area contributed by atoms with Gasteiger partial charge in [-0.2, -0.15) is 0 Å². The largest absolute Gasteiger partial charge is 0.508 e. The van der Waals surface area contributed by atoms with Crippen LogP contribution in [0, 0.1) is 0 Å². The van der Waals surface area contributed by atoms with Crippen molar-refractivity contribution in [3.05, 3.63) is 30.0 Å². The van der Waals surface area contributed by atoms with Gasteiger partial charge in [-0.15, -0.1) is 0 Å². The van der Waals surface area contributed by atoms with Gasteiger partial charge in [0.1, 0.15) is 5.75 Å². The lowest BCUT2D eigenvalue weighted by Crippen LogP contribution is -2.20. The molecule has 3 heteroatoms. The molecule has 0 spiro atoms. The number of aliphatic hydroxyl groups is 1. The summed E-state index contributed by atoms with van der Waals surface area (Å²) in [5.74, 6) is 0.253. The maximum absolute atomic E-state index is 10.1. The molecular weight excluding hydrogens is 202 g/mol. The number of hydrogen-bond donors (Lipinski definition) is 2. The van der Waals surface area contributed by atoms with Crippen molar-refractivity contribution in [3.63, 3.8) is 0 Å². The van der Waals surface area contributed by atoms with Gasteiger partial charge in [-0.25, -0.2) is 0 Å². The third kappa shape index (κ3) is 1.67. The number of rotatable bonds is 2. The summed E-state index contributed by atoms with van der Waals surface area (Å²) in [6.07, 6.45) is 0. The van der Waals surface area contributed by atoms with Crippen LogP contribution < -0.4 is 0 Å². The number of aryl methyl sites for hydroxylation is 1. The second-order valence-corrected chi connectivity index (χ2v) is 4.58. The Morgan fingerprint density at radius 2 is 1.94 bits per heavy atom. The molecule has 0 amide bonds. The maximum Gasteiger partial charge on any atom is 0.116 e. The van der Waals surface area contributed by atoms with Gasteiger partial charge in [0.2, 0.25) is 0 Å². The summed E-state index contributed by atoms with van der Waals surface area (Å²) in [7, 11) is 0. The molecule has 1 aromatic carbocycles. The van der Waals surface area contributed by atoms with Crippen LogP contribution in [0.15, 0.2) is 24.3 Å². The van der Waals surface area contributed by atoms with E-state index in [1.807, 2.05) is 19.1 Å². The van der Waals surface area contributed by atoms with E-state index in [4.69, 9.17) is 0 Å². The van der Waals surface area contributed by atoms with E-state index in [1.165, 1.54) is 0 Å². The van der Waals surface area contributed by atoms with Gasteiger partial charge < -0.3 is 14.8 Å². The minimum atomic E-state index is -0.870. The van der Waals surface area contributed by atoms with Crippen LogP contribution >= 0.6 is 0 Å². The van der Waals surface area contributed by atoms with Gasteiger partial charge >= 0.3 is 0 Å². The molecule has 0 saturated heterocycles. The number of aromatic hydroxyl groups is 1. The second kappa shape index (κ2) is 3.52. The average molecular weight is 219 g/mol. The predicted octanol–water partition coefficient (Wildman–Crippen LogP) is 2.59. The normalized spacial score (nSPS) is 12.2. The van der Waals surface area contributed by atoms with Crippen molar-refractivity contribution in [1.82, 2.24) is 4.57 Å². The minimum Gasteiger partial charge on any atom is -0.508 e. The topological polar surface area (TPSA) is 45.4 Å². The van der Waals surface area contributed by atoms with Gasteiger partial charge in [0.05, 0.1) is 11.3 Å². The van der Waals surface area contributed by atoms with E-state index in [9.17, 15) is 10.2 Å². The van der Waals surface area contributed by atoms with Gasteiger partial charge in [-0.1, -0.05) is 0 Å². The molecule has 0 aliphatic carbocycles. The number of hydrogen-bond acceptors (Lipinski definition) is 2. The summed E-state index contributed by atoms with van der Waals surface area (Å²) >= 11 is 0. The Labute approximate surface area is 94.9 Å². The highest BCUT2D eigenvalue weighted by Gasteiger charge is 2.22. The summed E-state index contributed by atoms with van der Waals surface area (Å²) < 4.78 is 2.06. The van der Waals surface area contributed by atoms with Crippen LogP contribution in [0.3, 0.4) is 0 Å². The average Bonchev–Trinajstić information content (AvgIpc) is 2.54. The van der Waals surface area contributed by atoms with Crippen LogP contribution in [0.5, 0.6) is 5.75 Å². The first-order valence-electron chi connectivity index (χ1n) is 5.48. The molecule has 0 atom stereocenters. The molecule has 1 heterocycles. The zero-order chi connectivity index (χ0) is 11.9. The molecule has 0 aliphatic rings. The lowest BCUT2D eigenvalue weighted by molar-refractivity contribution is 0.0704. The molecule has 0 fully saturated rings. The number of fused-ring (bicyclic) bond motifs is 1. The fourth-order valence-corrected chi connectivity index (χ4v) is 2.11. The smallest absolute Gasteiger partial charge is 0.116 e. The maximum atomic E-state index is 10.1.